The molecule has 4 rings (SSSR count). The SMILES string of the molecule is CCCOc1ncccc1C(=O)Nc1cn2cc(C3CCOCC3)nc2c(OC)n1. The van der Waals surface area contributed by atoms with Gasteiger partial charge in [-0.3, -0.25) is 9.20 Å². The second-order valence-electron chi connectivity index (χ2n) is 7.08. The first-order chi connectivity index (χ1) is 14.7. The Morgan fingerprint density at radius 1 is 1.27 bits per heavy atom. The van der Waals surface area contributed by atoms with Crippen LogP contribution < -0.4 is 14.8 Å². The molecule has 0 radical (unpaired) electrons. The molecule has 3 aromatic heterocycles. The predicted octanol–water partition coefficient (Wildman–Crippen LogP) is 3.07. The summed E-state index contributed by atoms with van der Waals surface area (Å²) in [6, 6.07) is 3.37. The maximum Gasteiger partial charge on any atom is 0.262 e. The standard InChI is InChI=1S/C21H25N5O4/c1-3-9-30-20-15(5-4-8-22-20)19(27)24-17-13-26-12-16(14-6-10-29-11-7-14)23-18(26)21(25-17)28-2/h4-5,8,12-14H,3,6-7,9-11H2,1-2H3,(H,24,27). The van der Waals surface area contributed by atoms with Crippen molar-refractivity contribution >= 4 is 17.4 Å². The van der Waals surface area contributed by atoms with Crippen molar-refractivity contribution in [2.24, 2.45) is 0 Å². The molecule has 0 atom stereocenters. The average Bonchev–Trinajstić information content (AvgIpc) is 3.22. The number of methoxy groups -OCH3 is 1. The number of imidazole rings is 1. The van der Waals surface area contributed by atoms with Crippen LogP contribution in [0.2, 0.25) is 0 Å². The molecule has 9 heteroatoms. The third kappa shape index (κ3) is 4.20. The summed E-state index contributed by atoms with van der Waals surface area (Å²) in [7, 11) is 1.54. The number of nitrogens with zero attached hydrogens (tertiary/aromatic N) is 4. The lowest BCUT2D eigenvalue weighted by Gasteiger charge is -2.19. The maximum atomic E-state index is 12.8. The van der Waals surface area contributed by atoms with Crippen molar-refractivity contribution in [2.45, 2.75) is 32.1 Å². The fourth-order valence-corrected chi connectivity index (χ4v) is 3.44. The van der Waals surface area contributed by atoms with Crippen LogP contribution in [0.1, 0.15) is 48.2 Å². The molecule has 1 saturated heterocycles. The van der Waals surface area contributed by atoms with E-state index < -0.39 is 0 Å². The summed E-state index contributed by atoms with van der Waals surface area (Å²) in [5.41, 5.74) is 1.94. The summed E-state index contributed by atoms with van der Waals surface area (Å²) in [4.78, 5) is 26.1. The average molecular weight is 411 g/mol. The number of hydrogen-bond donors (Lipinski definition) is 1. The van der Waals surface area contributed by atoms with E-state index in [1.165, 1.54) is 7.11 Å². The van der Waals surface area contributed by atoms with Gasteiger partial charge < -0.3 is 19.5 Å². The summed E-state index contributed by atoms with van der Waals surface area (Å²) in [6.45, 7) is 3.96. The van der Waals surface area contributed by atoms with Crippen LogP contribution in [0.5, 0.6) is 11.8 Å². The van der Waals surface area contributed by atoms with Crippen LogP contribution in [0.15, 0.2) is 30.7 Å². The molecular weight excluding hydrogens is 386 g/mol. The van der Waals surface area contributed by atoms with Crippen LogP contribution in [0, 0.1) is 0 Å². The number of fused-ring (bicyclic) bond motifs is 1. The zero-order chi connectivity index (χ0) is 20.9. The Hall–Kier alpha value is -3.20. The normalized spacial score (nSPS) is 14.6. The number of aromatic nitrogens is 4. The molecule has 0 unspecified atom stereocenters. The summed E-state index contributed by atoms with van der Waals surface area (Å²) >= 11 is 0. The van der Waals surface area contributed by atoms with Crippen LogP contribution in [0.3, 0.4) is 0 Å². The van der Waals surface area contributed by atoms with E-state index in [0.717, 1.165) is 38.2 Å². The Balaban J connectivity index is 1.60. The van der Waals surface area contributed by atoms with Gasteiger partial charge in [0.25, 0.3) is 11.8 Å². The lowest BCUT2D eigenvalue weighted by atomic mass is 9.97. The van der Waals surface area contributed by atoms with Gasteiger partial charge in [0.05, 0.1) is 25.6 Å². The van der Waals surface area contributed by atoms with Gasteiger partial charge in [-0.25, -0.2) is 9.97 Å². The van der Waals surface area contributed by atoms with Gasteiger partial charge in [-0.15, -0.1) is 0 Å². The van der Waals surface area contributed by atoms with Gasteiger partial charge in [0.1, 0.15) is 5.56 Å². The van der Waals surface area contributed by atoms with E-state index in [4.69, 9.17) is 19.2 Å². The van der Waals surface area contributed by atoms with E-state index in [9.17, 15) is 4.79 Å². The summed E-state index contributed by atoms with van der Waals surface area (Å²) in [6.07, 6.45) is 7.98. The second kappa shape index (κ2) is 9.08. The van der Waals surface area contributed by atoms with E-state index in [0.29, 0.717) is 41.3 Å². The van der Waals surface area contributed by atoms with Gasteiger partial charge in [0.2, 0.25) is 11.5 Å². The van der Waals surface area contributed by atoms with Gasteiger partial charge in [-0.1, -0.05) is 6.92 Å². The molecule has 9 nitrogen and oxygen atoms in total. The smallest absolute Gasteiger partial charge is 0.262 e. The van der Waals surface area contributed by atoms with Gasteiger partial charge in [0.15, 0.2) is 5.82 Å². The molecular formula is C21H25N5O4. The minimum atomic E-state index is -0.354. The Morgan fingerprint density at radius 3 is 2.87 bits per heavy atom. The van der Waals surface area contributed by atoms with E-state index in [1.54, 1.807) is 24.5 Å². The fraction of sp³-hybridized carbons (Fsp3) is 0.429. The molecule has 1 amide bonds. The molecule has 30 heavy (non-hydrogen) atoms. The first-order valence-electron chi connectivity index (χ1n) is 10.1. The van der Waals surface area contributed by atoms with Crippen LogP contribution in [-0.4, -0.2) is 52.2 Å². The van der Waals surface area contributed by atoms with Crippen LogP contribution >= 0.6 is 0 Å². The number of hydrogen-bond acceptors (Lipinski definition) is 7. The largest absolute Gasteiger partial charge is 0.478 e. The van der Waals surface area contributed by atoms with Crippen molar-refractivity contribution in [2.75, 3.05) is 32.2 Å². The lowest BCUT2D eigenvalue weighted by Crippen LogP contribution is -2.16. The minimum Gasteiger partial charge on any atom is -0.478 e. The van der Waals surface area contributed by atoms with Crippen molar-refractivity contribution < 1.29 is 19.0 Å². The first kappa shape index (κ1) is 20.1. The van der Waals surface area contributed by atoms with Gasteiger partial charge in [-0.05, 0) is 31.4 Å². The van der Waals surface area contributed by atoms with Gasteiger partial charge >= 0.3 is 0 Å². The number of amides is 1. The molecule has 0 bridgehead atoms. The molecule has 1 aliphatic rings. The van der Waals surface area contributed by atoms with Crippen molar-refractivity contribution in [1.29, 1.82) is 0 Å². The van der Waals surface area contributed by atoms with Crippen molar-refractivity contribution in [3.63, 3.8) is 0 Å². The maximum absolute atomic E-state index is 12.8. The monoisotopic (exact) mass is 411 g/mol. The Bertz CT molecular complexity index is 1030. The summed E-state index contributed by atoms with van der Waals surface area (Å²) in [5, 5.41) is 2.81. The summed E-state index contributed by atoms with van der Waals surface area (Å²) < 4.78 is 18.3. The number of carbonyl (C=O) groups is 1. The molecule has 0 saturated carbocycles. The minimum absolute atomic E-state index is 0.300. The fourth-order valence-electron chi connectivity index (χ4n) is 3.44. The third-order valence-corrected chi connectivity index (χ3v) is 4.96. The van der Waals surface area contributed by atoms with E-state index in [-0.39, 0.29) is 5.91 Å². The molecule has 1 N–H and O–H groups in total. The van der Waals surface area contributed by atoms with Crippen LogP contribution in [0.25, 0.3) is 5.65 Å². The number of rotatable bonds is 7. The van der Waals surface area contributed by atoms with E-state index in [1.807, 2.05) is 17.5 Å². The highest BCUT2D eigenvalue weighted by atomic mass is 16.5. The van der Waals surface area contributed by atoms with E-state index in [2.05, 4.69) is 15.3 Å². The molecule has 158 valence electrons. The molecule has 3 aromatic rings. The predicted molar refractivity (Wildman–Crippen MR) is 110 cm³/mol. The van der Waals surface area contributed by atoms with Crippen LogP contribution in [0.4, 0.5) is 5.82 Å². The topological polar surface area (TPSA) is 99.9 Å². The number of pyridine rings is 1. The molecule has 1 aliphatic heterocycles. The Kier molecular flexibility index (Phi) is 6.08. The molecule has 4 heterocycles. The highest BCUT2D eigenvalue weighted by Gasteiger charge is 2.21. The van der Waals surface area contributed by atoms with Gasteiger partial charge in [0, 0.05) is 31.5 Å². The number of carbonyl (C=O) groups excluding carboxylic acids is 1. The van der Waals surface area contributed by atoms with Gasteiger partial charge in [-0.2, -0.15) is 4.98 Å². The number of nitrogens with one attached hydrogen (secondary N) is 1. The number of ether oxygens (including phenoxy) is 3. The number of anilines is 1. The second-order valence-corrected chi connectivity index (χ2v) is 7.08. The summed E-state index contributed by atoms with van der Waals surface area (Å²) in [5.74, 6) is 0.989. The third-order valence-electron chi connectivity index (χ3n) is 4.96. The van der Waals surface area contributed by atoms with E-state index >= 15 is 0 Å². The Labute approximate surface area is 174 Å². The van der Waals surface area contributed by atoms with Crippen LogP contribution in [-0.2, 0) is 4.74 Å². The molecule has 1 fully saturated rings. The first-order valence-corrected chi connectivity index (χ1v) is 10.1. The lowest BCUT2D eigenvalue weighted by molar-refractivity contribution is 0.0846. The van der Waals surface area contributed by atoms with Crippen molar-refractivity contribution in [3.8, 4) is 11.8 Å². The quantitative estimate of drug-likeness (QED) is 0.638. The Morgan fingerprint density at radius 2 is 2.10 bits per heavy atom. The molecule has 0 spiro atoms. The van der Waals surface area contributed by atoms with Crippen molar-refractivity contribution in [3.05, 3.63) is 42.0 Å². The van der Waals surface area contributed by atoms with Crippen molar-refractivity contribution in [1.82, 2.24) is 19.4 Å². The molecule has 0 aliphatic carbocycles. The zero-order valence-corrected chi connectivity index (χ0v) is 17.1. The highest BCUT2D eigenvalue weighted by Crippen LogP contribution is 2.29. The molecule has 0 aromatic carbocycles. The highest BCUT2D eigenvalue weighted by molar-refractivity contribution is 6.05. The zero-order valence-electron chi connectivity index (χ0n) is 17.1.